The summed E-state index contributed by atoms with van der Waals surface area (Å²) in [6.45, 7) is 15.5. The Morgan fingerprint density at radius 2 is 1.85 bits per heavy atom. The van der Waals surface area contributed by atoms with E-state index in [0.29, 0.717) is 24.5 Å². The first-order valence-corrected chi connectivity index (χ1v) is 14.6. The molecule has 0 aromatic carbocycles. The molecule has 0 N–H and O–H groups in total. The summed E-state index contributed by atoms with van der Waals surface area (Å²) in [5, 5.41) is 0. The fourth-order valence-electron chi connectivity index (χ4n) is 5.36. The van der Waals surface area contributed by atoms with Gasteiger partial charge in [0.15, 0.2) is 12.4 Å². The number of nitrogens with zero attached hydrogens (tertiary/aromatic N) is 1. The number of esters is 1. The second-order valence-electron chi connectivity index (χ2n) is 11.6. The van der Waals surface area contributed by atoms with E-state index in [0.717, 1.165) is 36.8 Å². The highest BCUT2D eigenvalue weighted by molar-refractivity contribution is 5.83. The van der Waals surface area contributed by atoms with Crippen LogP contribution in [-0.4, -0.2) is 69.3 Å². The molecule has 6 nitrogen and oxygen atoms in total. The maximum Gasteiger partial charge on any atom is 0.331 e. The van der Waals surface area contributed by atoms with Gasteiger partial charge in [-0.2, -0.15) is 0 Å². The first kappa shape index (κ1) is 33.2. The number of allylic oxidation sites excluding steroid dienone is 8. The van der Waals surface area contributed by atoms with Crippen LogP contribution >= 0.6 is 0 Å². The van der Waals surface area contributed by atoms with E-state index in [1.54, 1.807) is 0 Å². The lowest BCUT2D eigenvalue weighted by molar-refractivity contribution is -0.258. The number of ether oxygens (including phenoxy) is 4. The summed E-state index contributed by atoms with van der Waals surface area (Å²) in [6.07, 6.45) is 14.9. The second kappa shape index (κ2) is 16.3. The van der Waals surface area contributed by atoms with Gasteiger partial charge in [0.05, 0.1) is 18.2 Å². The van der Waals surface area contributed by atoms with Gasteiger partial charge in [-0.15, -0.1) is 0 Å². The van der Waals surface area contributed by atoms with Gasteiger partial charge in [-0.25, -0.2) is 4.79 Å². The fourth-order valence-corrected chi connectivity index (χ4v) is 5.36. The van der Waals surface area contributed by atoms with Crippen molar-refractivity contribution < 1.29 is 23.7 Å². The van der Waals surface area contributed by atoms with Crippen LogP contribution in [-0.2, 0) is 23.7 Å². The third kappa shape index (κ3) is 10.2. The largest absolute Gasteiger partial charge is 0.452 e. The summed E-state index contributed by atoms with van der Waals surface area (Å²) >= 11 is 0. The van der Waals surface area contributed by atoms with Crippen molar-refractivity contribution in [1.29, 1.82) is 0 Å². The monoisotopic (exact) mass is 543 g/mol. The van der Waals surface area contributed by atoms with Crippen molar-refractivity contribution in [3.63, 3.8) is 0 Å². The molecule has 0 aromatic heterocycles. The Bertz CT molecular complexity index is 944. The van der Waals surface area contributed by atoms with Crippen LogP contribution in [0.5, 0.6) is 0 Å². The van der Waals surface area contributed by atoms with Gasteiger partial charge >= 0.3 is 5.97 Å². The van der Waals surface area contributed by atoms with E-state index in [4.69, 9.17) is 18.9 Å². The lowest BCUT2D eigenvalue weighted by Crippen LogP contribution is -2.55. The molecule has 1 saturated heterocycles. The van der Waals surface area contributed by atoms with E-state index in [1.807, 2.05) is 47.2 Å². The molecule has 220 valence electrons. The van der Waals surface area contributed by atoms with Crippen LogP contribution in [0.25, 0.3) is 0 Å². The summed E-state index contributed by atoms with van der Waals surface area (Å²) in [6, 6.07) is 0.0277. The number of hydrogen-bond donors (Lipinski definition) is 0. The van der Waals surface area contributed by atoms with Crippen LogP contribution in [0.4, 0.5) is 0 Å². The predicted molar refractivity (Wildman–Crippen MR) is 159 cm³/mol. The van der Waals surface area contributed by atoms with Crippen LogP contribution in [0.2, 0.25) is 0 Å². The van der Waals surface area contributed by atoms with Gasteiger partial charge < -0.3 is 23.8 Å². The highest BCUT2D eigenvalue weighted by Gasteiger charge is 2.41. The molecule has 0 aromatic rings. The fraction of sp³-hybridized carbons (Fsp3) is 0.667. The first-order valence-electron chi connectivity index (χ1n) is 14.6. The van der Waals surface area contributed by atoms with Crippen molar-refractivity contribution in [1.82, 2.24) is 4.90 Å². The number of unbranched alkanes of at least 4 members (excludes halogenated alkanes) is 1. The zero-order valence-corrected chi connectivity index (χ0v) is 26.0. The van der Waals surface area contributed by atoms with Gasteiger partial charge in [0, 0.05) is 19.8 Å². The molecule has 0 spiro atoms. The molecule has 7 atom stereocenters. The van der Waals surface area contributed by atoms with Crippen LogP contribution in [0.1, 0.15) is 74.1 Å². The van der Waals surface area contributed by atoms with Crippen molar-refractivity contribution in [3.8, 4) is 0 Å². The number of carbonyl (C=O) groups is 1. The molecule has 0 saturated carbocycles. The Morgan fingerprint density at radius 1 is 1.13 bits per heavy atom. The summed E-state index contributed by atoms with van der Waals surface area (Å²) in [5.41, 5.74) is 4.77. The minimum atomic E-state index is -0.563. The summed E-state index contributed by atoms with van der Waals surface area (Å²) in [5.74, 6) is 0.569. The van der Waals surface area contributed by atoms with E-state index in [-0.39, 0.29) is 18.1 Å². The quantitative estimate of drug-likeness (QED) is 0.117. The molecule has 7 unspecified atom stereocenters. The molecule has 0 bridgehead atoms. The van der Waals surface area contributed by atoms with E-state index in [2.05, 4.69) is 57.7 Å². The zero-order chi connectivity index (χ0) is 29.1. The molecule has 0 amide bonds. The van der Waals surface area contributed by atoms with E-state index in [9.17, 15) is 4.79 Å². The maximum atomic E-state index is 12.9. The number of hydrogen-bond acceptors (Lipinski definition) is 6. The van der Waals surface area contributed by atoms with E-state index in [1.165, 1.54) is 17.2 Å². The third-order valence-corrected chi connectivity index (χ3v) is 8.04. The highest BCUT2D eigenvalue weighted by atomic mass is 16.7. The van der Waals surface area contributed by atoms with Gasteiger partial charge in [0.25, 0.3) is 0 Å². The van der Waals surface area contributed by atoms with Crippen LogP contribution < -0.4 is 0 Å². The first-order chi connectivity index (χ1) is 18.5. The molecule has 1 heterocycles. The smallest absolute Gasteiger partial charge is 0.331 e. The molecule has 1 fully saturated rings. The number of carbonyl (C=O) groups excluding carboxylic acids is 1. The van der Waals surface area contributed by atoms with Crippen molar-refractivity contribution in [2.75, 3.05) is 27.8 Å². The summed E-state index contributed by atoms with van der Waals surface area (Å²) in [4.78, 5) is 14.9. The molecular formula is C33H53NO5. The van der Waals surface area contributed by atoms with Gasteiger partial charge in [-0.05, 0) is 84.0 Å². The molecular weight excluding hydrogens is 490 g/mol. The molecule has 2 rings (SSSR count). The standard InChI is InChI=1S/C33H53NO5/c1-11-12-18-37-33-32(29(34(8)9)21-25(5)38-33)39-31(35)19-23(3)15-13-14-22(2)16-17-28-24(4)20-30(36-10)27(7)26(28)6/h13-17,19,25-27,29-30,32-33H,11-12,18,20-21H2,1-10H3. The highest BCUT2D eigenvalue weighted by Crippen LogP contribution is 2.36. The normalized spacial score (nSPS) is 31.1. The van der Waals surface area contributed by atoms with Crippen LogP contribution in [0, 0.1) is 11.8 Å². The molecule has 0 radical (unpaired) electrons. The van der Waals surface area contributed by atoms with Crippen LogP contribution in [0.15, 0.2) is 58.7 Å². The number of rotatable bonds is 12. The average molecular weight is 544 g/mol. The molecule has 2 aliphatic rings. The van der Waals surface area contributed by atoms with Gasteiger partial charge in [-0.3, -0.25) is 0 Å². The Balaban J connectivity index is 2.03. The molecule has 39 heavy (non-hydrogen) atoms. The lowest BCUT2D eigenvalue weighted by atomic mass is 9.75. The number of likely N-dealkylation sites (N-methyl/N-ethyl adjacent to an activating group) is 1. The Hall–Kier alpha value is -1.99. The van der Waals surface area contributed by atoms with Gasteiger partial charge in [-0.1, -0.05) is 68.7 Å². The summed E-state index contributed by atoms with van der Waals surface area (Å²) in [7, 11) is 5.81. The minimum Gasteiger partial charge on any atom is -0.452 e. The second-order valence-corrected chi connectivity index (χ2v) is 11.6. The van der Waals surface area contributed by atoms with Crippen molar-refractivity contribution in [2.45, 2.75) is 105 Å². The van der Waals surface area contributed by atoms with Gasteiger partial charge in [0.1, 0.15) is 0 Å². The summed E-state index contributed by atoms with van der Waals surface area (Å²) < 4.78 is 23.6. The van der Waals surface area contributed by atoms with E-state index < -0.39 is 12.4 Å². The van der Waals surface area contributed by atoms with Crippen molar-refractivity contribution >= 4 is 5.97 Å². The van der Waals surface area contributed by atoms with Crippen molar-refractivity contribution in [2.24, 2.45) is 11.8 Å². The molecule has 6 heteroatoms. The van der Waals surface area contributed by atoms with E-state index >= 15 is 0 Å². The lowest BCUT2D eigenvalue weighted by Gasteiger charge is -2.42. The molecule has 1 aliphatic heterocycles. The Morgan fingerprint density at radius 3 is 2.49 bits per heavy atom. The van der Waals surface area contributed by atoms with Crippen molar-refractivity contribution in [3.05, 3.63) is 58.7 Å². The maximum absolute atomic E-state index is 12.9. The third-order valence-electron chi connectivity index (χ3n) is 8.04. The molecule has 1 aliphatic carbocycles. The topological polar surface area (TPSA) is 57.2 Å². The average Bonchev–Trinajstić information content (AvgIpc) is 2.87. The minimum absolute atomic E-state index is 0.0277. The van der Waals surface area contributed by atoms with Crippen LogP contribution in [0.3, 0.4) is 0 Å². The Kier molecular flexibility index (Phi) is 13.9. The zero-order valence-electron chi connectivity index (χ0n) is 26.0. The number of methoxy groups -OCH3 is 1. The SMILES string of the molecule is CCCCOC1OC(C)CC(N(C)C)C1OC(=O)C=C(C)C=CC=C(C)C=CC1=C(C)CC(OC)C(C)C1C. The predicted octanol–water partition coefficient (Wildman–Crippen LogP) is 6.79. The van der Waals surface area contributed by atoms with Gasteiger partial charge in [0.2, 0.25) is 0 Å². The Labute approximate surface area is 237 Å².